The molecule has 0 radical (unpaired) electrons. The zero-order chi connectivity index (χ0) is 12.6. The van der Waals surface area contributed by atoms with E-state index in [9.17, 15) is 4.79 Å². The van der Waals surface area contributed by atoms with Crippen LogP contribution in [0.25, 0.3) is 0 Å². The summed E-state index contributed by atoms with van der Waals surface area (Å²) < 4.78 is 11.4. The number of H-pyrrole nitrogens is 1. The molecular weight excluding hydrogens is 234 g/mol. The fourth-order valence-electron chi connectivity index (χ4n) is 2.59. The number of aryl methyl sites for hydroxylation is 1. The molecule has 0 saturated carbocycles. The Bertz CT molecular complexity index is 484. The summed E-state index contributed by atoms with van der Waals surface area (Å²) in [7, 11) is 0. The number of aromatic nitrogens is 2. The lowest BCUT2D eigenvalue weighted by molar-refractivity contribution is -0.169. The average Bonchev–Trinajstić information content (AvgIpc) is 2.77. The minimum absolute atomic E-state index is 0.105. The topological polar surface area (TPSA) is 67.5 Å². The van der Waals surface area contributed by atoms with E-state index in [1.165, 1.54) is 0 Å². The Morgan fingerprint density at radius 3 is 2.61 bits per heavy atom. The summed E-state index contributed by atoms with van der Waals surface area (Å²) in [6, 6.07) is 1.54. The van der Waals surface area contributed by atoms with Gasteiger partial charge in [-0.25, -0.2) is 4.98 Å². The van der Waals surface area contributed by atoms with Crippen LogP contribution in [0.4, 0.5) is 5.82 Å². The maximum absolute atomic E-state index is 11.4. The first-order valence-corrected chi connectivity index (χ1v) is 6.28. The Balaban J connectivity index is 1.74. The summed E-state index contributed by atoms with van der Waals surface area (Å²) in [6.07, 6.45) is 1.64. The molecule has 0 atom stereocenters. The second-order valence-electron chi connectivity index (χ2n) is 4.78. The van der Waals surface area contributed by atoms with Gasteiger partial charge >= 0.3 is 0 Å². The van der Waals surface area contributed by atoms with Crippen molar-refractivity contribution in [3.63, 3.8) is 0 Å². The van der Waals surface area contributed by atoms with Gasteiger partial charge in [-0.05, 0) is 6.92 Å². The molecule has 2 fully saturated rings. The fourth-order valence-corrected chi connectivity index (χ4v) is 2.59. The molecule has 1 aromatic heterocycles. The van der Waals surface area contributed by atoms with E-state index in [-0.39, 0.29) is 11.3 Å². The number of hydrogen-bond donors (Lipinski definition) is 1. The monoisotopic (exact) mass is 251 g/mol. The zero-order valence-corrected chi connectivity index (χ0v) is 10.4. The number of aromatic amines is 1. The van der Waals surface area contributed by atoms with E-state index < -0.39 is 0 Å². The van der Waals surface area contributed by atoms with E-state index in [4.69, 9.17) is 9.47 Å². The molecule has 0 amide bonds. The van der Waals surface area contributed by atoms with Crippen molar-refractivity contribution in [1.82, 2.24) is 9.97 Å². The molecule has 3 heterocycles. The highest BCUT2D eigenvalue weighted by molar-refractivity contribution is 5.38. The molecule has 1 N–H and O–H groups in total. The van der Waals surface area contributed by atoms with Crippen molar-refractivity contribution < 1.29 is 9.47 Å². The van der Waals surface area contributed by atoms with E-state index in [1.54, 1.807) is 13.0 Å². The first kappa shape index (κ1) is 11.7. The molecule has 0 aliphatic carbocycles. The van der Waals surface area contributed by atoms with Crippen molar-refractivity contribution in [3.8, 4) is 0 Å². The molecule has 2 aliphatic heterocycles. The maximum atomic E-state index is 11.4. The van der Waals surface area contributed by atoms with Crippen LogP contribution in [0.5, 0.6) is 0 Å². The second kappa shape index (κ2) is 4.37. The molecule has 98 valence electrons. The number of rotatable bonds is 1. The maximum Gasteiger partial charge on any atom is 0.252 e. The van der Waals surface area contributed by atoms with Crippen LogP contribution in [0.1, 0.15) is 18.7 Å². The third-order valence-electron chi connectivity index (χ3n) is 3.51. The van der Waals surface area contributed by atoms with Gasteiger partial charge in [0.15, 0.2) is 5.79 Å². The Morgan fingerprint density at radius 2 is 2.00 bits per heavy atom. The third-order valence-corrected chi connectivity index (χ3v) is 3.51. The molecule has 1 spiro atoms. The van der Waals surface area contributed by atoms with Crippen molar-refractivity contribution >= 4 is 5.82 Å². The highest BCUT2D eigenvalue weighted by atomic mass is 16.7. The van der Waals surface area contributed by atoms with Crippen LogP contribution in [0, 0.1) is 6.92 Å². The summed E-state index contributed by atoms with van der Waals surface area (Å²) >= 11 is 0. The van der Waals surface area contributed by atoms with Gasteiger partial charge in [-0.15, -0.1) is 0 Å². The molecule has 0 unspecified atom stereocenters. The minimum Gasteiger partial charge on any atom is -0.356 e. The van der Waals surface area contributed by atoms with E-state index in [1.807, 2.05) is 0 Å². The van der Waals surface area contributed by atoms with Crippen LogP contribution in [-0.4, -0.2) is 42.1 Å². The predicted molar refractivity (Wildman–Crippen MR) is 65.7 cm³/mol. The molecule has 3 rings (SSSR count). The predicted octanol–water partition coefficient (Wildman–Crippen LogP) is 0.422. The zero-order valence-electron chi connectivity index (χ0n) is 10.4. The molecule has 2 saturated heterocycles. The molecule has 1 aromatic rings. The van der Waals surface area contributed by atoms with Crippen molar-refractivity contribution in [2.45, 2.75) is 25.6 Å². The quantitative estimate of drug-likeness (QED) is 0.783. The summed E-state index contributed by atoms with van der Waals surface area (Å²) in [4.78, 5) is 20.6. The van der Waals surface area contributed by atoms with Gasteiger partial charge in [0.1, 0.15) is 11.6 Å². The number of hydrogen-bond acceptors (Lipinski definition) is 5. The molecule has 18 heavy (non-hydrogen) atoms. The molecule has 2 aliphatic rings. The molecular formula is C12H17N3O3. The molecule has 6 heteroatoms. The van der Waals surface area contributed by atoms with Gasteiger partial charge < -0.3 is 19.4 Å². The number of piperidine rings is 1. The first-order valence-electron chi connectivity index (χ1n) is 6.28. The summed E-state index contributed by atoms with van der Waals surface area (Å²) in [5, 5.41) is 0. The number of anilines is 1. The Labute approximate surface area is 105 Å². The lowest BCUT2D eigenvalue weighted by Crippen LogP contribution is -2.45. The van der Waals surface area contributed by atoms with Gasteiger partial charge in [0.25, 0.3) is 5.56 Å². The van der Waals surface area contributed by atoms with Crippen molar-refractivity contribution in [1.29, 1.82) is 0 Å². The number of ether oxygens (including phenoxy) is 2. The van der Waals surface area contributed by atoms with Crippen LogP contribution in [-0.2, 0) is 9.47 Å². The highest BCUT2D eigenvalue weighted by Gasteiger charge is 2.40. The summed E-state index contributed by atoms with van der Waals surface area (Å²) in [6.45, 7) is 4.76. The summed E-state index contributed by atoms with van der Waals surface area (Å²) in [5.74, 6) is 1.00. The Morgan fingerprint density at radius 1 is 1.33 bits per heavy atom. The third kappa shape index (κ3) is 2.13. The minimum atomic E-state index is -0.382. The van der Waals surface area contributed by atoms with E-state index in [2.05, 4.69) is 14.9 Å². The van der Waals surface area contributed by atoms with Crippen LogP contribution in [0.2, 0.25) is 0 Å². The van der Waals surface area contributed by atoms with E-state index in [0.717, 1.165) is 31.7 Å². The lowest BCUT2D eigenvalue weighted by atomic mass is 10.0. The van der Waals surface area contributed by atoms with Crippen LogP contribution < -0.4 is 10.5 Å². The van der Waals surface area contributed by atoms with Crippen molar-refractivity contribution in [2.24, 2.45) is 0 Å². The normalized spacial score (nSPS) is 22.6. The van der Waals surface area contributed by atoms with Gasteiger partial charge in [-0.2, -0.15) is 0 Å². The highest BCUT2D eigenvalue weighted by Crippen LogP contribution is 2.32. The lowest BCUT2D eigenvalue weighted by Gasteiger charge is -2.38. The summed E-state index contributed by atoms with van der Waals surface area (Å²) in [5.41, 5.74) is -0.105. The van der Waals surface area contributed by atoms with Gasteiger partial charge in [0, 0.05) is 32.0 Å². The fraction of sp³-hybridized carbons (Fsp3) is 0.667. The molecule has 0 aromatic carbocycles. The number of nitrogens with one attached hydrogen (secondary N) is 1. The van der Waals surface area contributed by atoms with Crippen molar-refractivity contribution in [2.75, 3.05) is 31.2 Å². The smallest absolute Gasteiger partial charge is 0.252 e. The van der Waals surface area contributed by atoms with Crippen LogP contribution >= 0.6 is 0 Å². The molecule has 0 bridgehead atoms. The largest absolute Gasteiger partial charge is 0.356 e. The SMILES string of the molecule is Cc1nc(N2CCC3(CC2)OCCO3)cc(=O)[nH]1. The Kier molecular flexibility index (Phi) is 2.83. The van der Waals surface area contributed by atoms with Crippen LogP contribution in [0.15, 0.2) is 10.9 Å². The molecule has 6 nitrogen and oxygen atoms in total. The standard InChI is InChI=1S/C12H17N3O3/c1-9-13-10(8-11(16)14-9)15-4-2-12(3-5-15)17-6-7-18-12/h8H,2-7H2,1H3,(H,13,14,16). The Hall–Kier alpha value is -1.40. The van der Waals surface area contributed by atoms with E-state index >= 15 is 0 Å². The average molecular weight is 251 g/mol. The van der Waals surface area contributed by atoms with Crippen LogP contribution in [0.3, 0.4) is 0 Å². The number of nitrogens with zero attached hydrogens (tertiary/aromatic N) is 2. The van der Waals surface area contributed by atoms with Gasteiger partial charge in [0.05, 0.1) is 13.2 Å². The van der Waals surface area contributed by atoms with Gasteiger partial charge in [0.2, 0.25) is 0 Å². The second-order valence-corrected chi connectivity index (χ2v) is 4.78. The van der Waals surface area contributed by atoms with Crippen molar-refractivity contribution in [3.05, 3.63) is 22.2 Å². The van der Waals surface area contributed by atoms with Gasteiger partial charge in [-0.1, -0.05) is 0 Å². The van der Waals surface area contributed by atoms with Gasteiger partial charge in [-0.3, -0.25) is 4.79 Å². The van der Waals surface area contributed by atoms with E-state index in [0.29, 0.717) is 19.0 Å². The first-order chi connectivity index (χ1) is 8.67.